The minimum atomic E-state index is -2.03. The molecule has 1 aliphatic carbocycles. The first kappa shape index (κ1) is 16.2. The van der Waals surface area contributed by atoms with E-state index in [2.05, 4.69) is 13.8 Å². The fraction of sp³-hybridized carbons (Fsp3) is 0.600. The van der Waals surface area contributed by atoms with E-state index in [1.807, 2.05) is 0 Å². The Balaban J connectivity index is 1.97. The lowest BCUT2D eigenvalue weighted by Crippen LogP contribution is -2.33. The minimum absolute atomic E-state index is 0.179. The first-order valence-corrected chi connectivity index (χ1v) is 7.27. The number of halogens is 2. The first-order valence-electron chi connectivity index (χ1n) is 7.27. The molecule has 0 amide bonds. The van der Waals surface area contributed by atoms with E-state index >= 15 is 0 Å². The third-order valence-electron chi connectivity index (χ3n) is 4.29. The molecule has 6 heteroatoms. The summed E-state index contributed by atoms with van der Waals surface area (Å²) in [5.74, 6) is -2.27. The summed E-state index contributed by atoms with van der Waals surface area (Å²) < 4.78 is 32.8. The van der Waals surface area contributed by atoms with Crippen molar-refractivity contribution in [1.29, 1.82) is 0 Å². The van der Waals surface area contributed by atoms with Crippen molar-refractivity contribution in [3.05, 3.63) is 23.8 Å². The number of hydrogen-bond donors (Lipinski definition) is 2. The summed E-state index contributed by atoms with van der Waals surface area (Å²) in [5, 5.41) is 17.8. The fourth-order valence-corrected chi connectivity index (χ4v) is 2.69. The molecule has 1 saturated carbocycles. The molecule has 0 saturated heterocycles. The molecule has 0 unspecified atom stereocenters. The summed E-state index contributed by atoms with van der Waals surface area (Å²) in [4.78, 5) is 0. The van der Waals surface area contributed by atoms with Crippen LogP contribution in [0.5, 0.6) is 5.75 Å². The fourth-order valence-electron chi connectivity index (χ4n) is 2.69. The van der Waals surface area contributed by atoms with Crippen molar-refractivity contribution in [2.45, 2.75) is 39.5 Å². The average Bonchev–Trinajstić information content (AvgIpc) is 2.41. The molecule has 2 rings (SSSR count). The van der Waals surface area contributed by atoms with Crippen LogP contribution in [0.4, 0.5) is 8.78 Å². The summed E-state index contributed by atoms with van der Waals surface area (Å²) in [6.45, 7) is 4.82. The van der Waals surface area contributed by atoms with Crippen LogP contribution in [-0.2, 0) is 0 Å². The lowest BCUT2D eigenvalue weighted by atomic mass is 9.73. The maximum Gasteiger partial charge on any atom is 0.491 e. The van der Waals surface area contributed by atoms with E-state index < -0.39 is 24.2 Å². The van der Waals surface area contributed by atoms with Crippen molar-refractivity contribution in [1.82, 2.24) is 0 Å². The highest BCUT2D eigenvalue weighted by Crippen LogP contribution is 2.38. The molecule has 1 aromatic rings. The van der Waals surface area contributed by atoms with Crippen LogP contribution in [0.3, 0.4) is 0 Å². The van der Waals surface area contributed by atoms with Crippen LogP contribution in [0.25, 0.3) is 0 Å². The Kier molecular flexibility index (Phi) is 4.89. The van der Waals surface area contributed by atoms with Crippen LogP contribution >= 0.6 is 0 Å². The van der Waals surface area contributed by atoms with Crippen molar-refractivity contribution in [3.8, 4) is 5.75 Å². The van der Waals surface area contributed by atoms with Gasteiger partial charge in [0.25, 0.3) is 0 Å². The second kappa shape index (κ2) is 6.32. The van der Waals surface area contributed by atoms with Gasteiger partial charge in [-0.1, -0.05) is 19.9 Å². The van der Waals surface area contributed by atoms with Gasteiger partial charge in [-0.25, -0.2) is 4.39 Å². The quantitative estimate of drug-likeness (QED) is 0.838. The van der Waals surface area contributed by atoms with Crippen LogP contribution in [0.15, 0.2) is 12.1 Å². The van der Waals surface area contributed by atoms with Gasteiger partial charge >= 0.3 is 7.12 Å². The lowest BCUT2D eigenvalue weighted by molar-refractivity contribution is 0.139. The first-order chi connectivity index (χ1) is 9.80. The molecule has 1 aromatic carbocycles. The Hall–Kier alpha value is -1.14. The number of hydrogen-bond acceptors (Lipinski definition) is 3. The molecule has 0 bridgehead atoms. The van der Waals surface area contributed by atoms with Gasteiger partial charge in [-0.15, -0.1) is 0 Å². The smallest absolute Gasteiger partial charge is 0.490 e. The minimum Gasteiger partial charge on any atom is -0.490 e. The Morgan fingerprint density at radius 2 is 1.81 bits per heavy atom. The Morgan fingerprint density at radius 1 is 1.19 bits per heavy atom. The molecule has 116 valence electrons. The van der Waals surface area contributed by atoms with E-state index in [9.17, 15) is 8.78 Å². The zero-order chi connectivity index (χ0) is 15.6. The van der Waals surface area contributed by atoms with Crippen LogP contribution < -0.4 is 10.2 Å². The van der Waals surface area contributed by atoms with E-state index in [4.69, 9.17) is 14.8 Å². The van der Waals surface area contributed by atoms with Crippen molar-refractivity contribution >= 4 is 12.6 Å². The third kappa shape index (κ3) is 3.95. The number of rotatable bonds is 4. The van der Waals surface area contributed by atoms with Gasteiger partial charge in [0.2, 0.25) is 0 Å². The zero-order valence-electron chi connectivity index (χ0n) is 12.4. The molecular weight excluding hydrogens is 277 g/mol. The maximum absolute atomic E-state index is 13.8. The van der Waals surface area contributed by atoms with Crippen LogP contribution in [0, 0.1) is 23.0 Å². The Labute approximate surface area is 124 Å². The Morgan fingerprint density at radius 3 is 2.38 bits per heavy atom. The molecule has 2 N–H and O–H groups in total. The predicted octanol–water partition coefficient (Wildman–Crippen LogP) is 2.24. The van der Waals surface area contributed by atoms with Gasteiger partial charge in [0, 0.05) is 5.46 Å². The average molecular weight is 298 g/mol. The highest BCUT2D eigenvalue weighted by Gasteiger charge is 2.28. The van der Waals surface area contributed by atoms with E-state index in [0.717, 1.165) is 31.7 Å². The molecule has 3 nitrogen and oxygen atoms in total. The Bertz CT molecular complexity index is 496. The van der Waals surface area contributed by atoms with Gasteiger partial charge in [0.15, 0.2) is 17.4 Å². The normalized spacial score (nSPS) is 18.6. The van der Waals surface area contributed by atoms with Crippen molar-refractivity contribution in [2.24, 2.45) is 11.3 Å². The summed E-state index contributed by atoms with van der Waals surface area (Å²) >= 11 is 0. The monoisotopic (exact) mass is 298 g/mol. The van der Waals surface area contributed by atoms with Gasteiger partial charge in [-0.2, -0.15) is 4.39 Å². The predicted molar refractivity (Wildman–Crippen MR) is 77.4 cm³/mol. The molecule has 0 aliphatic heterocycles. The van der Waals surface area contributed by atoms with Gasteiger partial charge < -0.3 is 14.8 Å². The number of ether oxygens (including phenoxy) is 1. The number of benzene rings is 1. The van der Waals surface area contributed by atoms with Gasteiger partial charge in [-0.3, -0.25) is 0 Å². The highest BCUT2D eigenvalue weighted by atomic mass is 19.2. The lowest BCUT2D eigenvalue weighted by Gasteiger charge is -2.34. The largest absolute Gasteiger partial charge is 0.491 e. The van der Waals surface area contributed by atoms with Crippen LogP contribution in [0.2, 0.25) is 0 Å². The topological polar surface area (TPSA) is 49.7 Å². The second-order valence-electron chi connectivity index (χ2n) is 6.57. The van der Waals surface area contributed by atoms with E-state index in [1.54, 1.807) is 0 Å². The standard InChI is InChI=1S/C15H21BF2O3/c1-15(2)7-5-10(6-8-15)9-21-12-4-3-11(16(19)20)13(17)14(12)18/h3-4,10,19-20H,5-9H2,1-2H3. The molecular formula is C15H21BF2O3. The van der Waals surface area contributed by atoms with Crippen LogP contribution in [-0.4, -0.2) is 23.8 Å². The summed E-state index contributed by atoms with van der Waals surface area (Å²) in [7, 11) is -2.03. The molecule has 0 heterocycles. The zero-order valence-corrected chi connectivity index (χ0v) is 12.4. The van der Waals surface area contributed by atoms with E-state index in [1.165, 1.54) is 6.07 Å². The summed E-state index contributed by atoms with van der Waals surface area (Å²) in [6.07, 6.45) is 4.25. The van der Waals surface area contributed by atoms with Crippen molar-refractivity contribution < 1.29 is 23.6 Å². The third-order valence-corrected chi connectivity index (χ3v) is 4.29. The molecule has 0 spiro atoms. The SMILES string of the molecule is CC1(C)CCC(COc2ccc(B(O)O)c(F)c2F)CC1. The van der Waals surface area contributed by atoms with Crippen LogP contribution in [0.1, 0.15) is 39.5 Å². The van der Waals surface area contributed by atoms with Gasteiger partial charge in [0.1, 0.15) is 0 Å². The second-order valence-corrected chi connectivity index (χ2v) is 6.57. The molecule has 1 fully saturated rings. The molecule has 1 aliphatic rings. The summed E-state index contributed by atoms with van der Waals surface area (Å²) in [6, 6.07) is 2.36. The summed E-state index contributed by atoms with van der Waals surface area (Å²) in [5.41, 5.74) is -0.133. The van der Waals surface area contributed by atoms with E-state index in [-0.39, 0.29) is 5.75 Å². The highest BCUT2D eigenvalue weighted by molar-refractivity contribution is 6.58. The van der Waals surface area contributed by atoms with Crippen molar-refractivity contribution in [2.75, 3.05) is 6.61 Å². The molecule has 0 atom stereocenters. The molecule has 0 aromatic heterocycles. The van der Waals surface area contributed by atoms with Gasteiger partial charge in [-0.05, 0) is 43.1 Å². The van der Waals surface area contributed by atoms with Crippen molar-refractivity contribution in [3.63, 3.8) is 0 Å². The van der Waals surface area contributed by atoms with Gasteiger partial charge in [0.05, 0.1) is 6.61 Å². The molecule has 21 heavy (non-hydrogen) atoms. The maximum atomic E-state index is 13.8. The molecule has 0 radical (unpaired) electrons. The van der Waals surface area contributed by atoms with E-state index in [0.29, 0.717) is 17.9 Å².